The number of hydrogen-bond acceptors (Lipinski definition) is 3. The van der Waals surface area contributed by atoms with Crippen LogP contribution in [0.3, 0.4) is 0 Å². The molecule has 0 saturated carbocycles. The molecule has 0 aliphatic rings. The molecular formula is C18H22N2O2. The second-order valence-corrected chi connectivity index (χ2v) is 5.46. The van der Waals surface area contributed by atoms with Gasteiger partial charge in [0.25, 0.3) is 0 Å². The molecule has 0 heterocycles. The molecule has 2 rings (SSSR count). The van der Waals surface area contributed by atoms with Gasteiger partial charge in [-0.15, -0.1) is 0 Å². The largest absolute Gasteiger partial charge is 0.493 e. The lowest BCUT2D eigenvalue weighted by atomic mass is 10.0. The molecule has 0 atom stereocenters. The Morgan fingerprint density at radius 2 is 1.95 bits per heavy atom. The minimum atomic E-state index is -0.113. The molecular weight excluding hydrogens is 276 g/mol. The molecule has 116 valence electrons. The van der Waals surface area contributed by atoms with Gasteiger partial charge in [0, 0.05) is 0 Å². The maximum atomic E-state index is 11.9. The summed E-state index contributed by atoms with van der Waals surface area (Å²) in [6.45, 7) is 4.60. The summed E-state index contributed by atoms with van der Waals surface area (Å²) in [5, 5.41) is 2.78. The van der Waals surface area contributed by atoms with E-state index in [-0.39, 0.29) is 12.3 Å². The Hall–Kier alpha value is -2.49. The van der Waals surface area contributed by atoms with E-state index < -0.39 is 0 Å². The average Bonchev–Trinajstić information content (AvgIpc) is 2.50. The summed E-state index contributed by atoms with van der Waals surface area (Å²) in [5.74, 6) is 1.13. The third kappa shape index (κ3) is 4.52. The predicted octanol–water partition coefficient (Wildman–Crippen LogP) is 3.80. The van der Waals surface area contributed by atoms with Crippen molar-refractivity contribution in [1.29, 1.82) is 0 Å². The second-order valence-electron chi connectivity index (χ2n) is 5.46. The van der Waals surface area contributed by atoms with E-state index in [4.69, 9.17) is 10.5 Å². The molecule has 2 aromatic rings. The number of nitrogens with one attached hydrogen (secondary N) is 1. The Morgan fingerprint density at radius 3 is 2.68 bits per heavy atom. The standard InChI is InChI=1S/C18H22N2O2/c1-13(2)14-6-5-7-15(12-14)22-11-10-18(21)20-17-9-4-3-8-16(17)19/h3-9,12-13H,10-11,19H2,1-2H3,(H,20,21). The fraction of sp³-hybridized carbons (Fsp3) is 0.278. The molecule has 22 heavy (non-hydrogen) atoms. The monoisotopic (exact) mass is 298 g/mol. The molecule has 2 aromatic carbocycles. The van der Waals surface area contributed by atoms with Crippen molar-refractivity contribution in [3.8, 4) is 5.75 Å². The summed E-state index contributed by atoms with van der Waals surface area (Å²) >= 11 is 0. The summed E-state index contributed by atoms with van der Waals surface area (Å²) < 4.78 is 5.64. The zero-order valence-electron chi connectivity index (χ0n) is 13.0. The highest BCUT2D eigenvalue weighted by Gasteiger charge is 2.06. The topological polar surface area (TPSA) is 64.3 Å². The highest BCUT2D eigenvalue weighted by molar-refractivity contribution is 5.93. The quantitative estimate of drug-likeness (QED) is 0.797. The number of nitrogen functional groups attached to an aromatic ring is 1. The van der Waals surface area contributed by atoms with Gasteiger partial charge in [-0.05, 0) is 35.7 Å². The molecule has 3 N–H and O–H groups in total. The SMILES string of the molecule is CC(C)c1cccc(OCCC(=O)Nc2ccccc2N)c1. The molecule has 4 heteroatoms. The van der Waals surface area contributed by atoms with Crippen LogP contribution in [0, 0.1) is 0 Å². The number of carbonyl (C=O) groups is 1. The van der Waals surface area contributed by atoms with Crippen LogP contribution in [0.25, 0.3) is 0 Å². The third-order valence-electron chi connectivity index (χ3n) is 3.36. The van der Waals surface area contributed by atoms with Crippen LogP contribution >= 0.6 is 0 Å². The van der Waals surface area contributed by atoms with E-state index in [9.17, 15) is 4.79 Å². The van der Waals surface area contributed by atoms with Crippen LogP contribution < -0.4 is 15.8 Å². The van der Waals surface area contributed by atoms with Crippen LogP contribution in [0.4, 0.5) is 11.4 Å². The number of carbonyl (C=O) groups excluding carboxylic acids is 1. The molecule has 0 aromatic heterocycles. The van der Waals surface area contributed by atoms with E-state index in [1.54, 1.807) is 12.1 Å². The number of amides is 1. The van der Waals surface area contributed by atoms with Crippen molar-refractivity contribution in [2.45, 2.75) is 26.2 Å². The van der Waals surface area contributed by atoms with Crippen molar-refractivity contribution in [3.05, 3.63) is 54.1 Å². The Bertz CT molecular complexity index is 638. The highest BCUT2D eigenvalue weighted by Crippen LogP contribution is 2.20. The Kier molecular flexibility index (Phi) is 5.42. The van der Waals surface area contributed by atoms with Gasteiger partial charge in [-0.2, -0.15) is 0 Å². The van der Waals surface area contributed by atoms with E-state index >= 15 is 0 Å². The fourth-order valence-corrected chi connectivity index (χ4v) is 2.05. The Labute approximate surface area is 131 Å². The number of nitrogens with two attached hydrogens (primary N) is 1. The number of para-hydroxylation sites is 2. The average molecular weight is 298 g/mol. The first kappa shape index (κ1) is 15.9. The van der Waals surface area contributed by atoms with E-state index in [1.165, 1.54) is 5.56 Å². The summed E-state index contributed by atoms with van der Waals surface area (Å²) in [5.41, 5.74) is 8.20. The van der Waals surface area contributed by atoms with Crippen molar-refractivity contribution in [2.24, 2.45) is 0 Å². The molecule has 0 radical (unpaired) electrons. The lowest BCUT2D eigenvalue weighted by molar-refractivity contribution is -0.116. The normalized spacial score (nSPS) is 10.5. The van der Waals surface area contributed by atoms with Crippen molar-refractivity contribution in [1.82, 2.24) is 0 Å². The maximum absolute atomic E-state index is 11.9. The van der Waals surface area contributed by atoms with Crippen molar-refractivity contribution >= 4 is 17.3 Å². The molecule has 0 spiro atoms. The smallest absolute Gasteiger partial charge is 0.227 e. The lowest BCUT2D eigenvalue weighted by Crippen LogP contribution is -2.16. The van der Waals surface area contributed by atoms with Gasteiger partial charge in [-0.1, -0.05) is 38.1 Å². The van der Waals surface area contributed by atoms with Crippen LogP contribution in [-0.2, 0) is 4.79 Å². The van der Waals surface area contributed by atoms with Gasteiger partial charge in [-0.3, -0.25) is 4.79 Å². The number of anilines is 2. The number of rotatable bonds is 6. The molecule has 0 unspecified atom stereocenters. The molecule has 0 fully saturated rings. The zero-order valence-corrected chi connectivity index (χ0v) is 13.0. The van der Waals surface area contributed by atoms with Crippen LogP contribution in [0.15, 0.2) is 48.5 Å². The summed E-state index contributed by atoms with van der Waals surface area (Å²) in [4.78, 5) is 11.9. The zero-order chi connectivity index (χ0) is 15.9. The molecule has 0 aliphatic carbocycles. The Balaban J connectivity index is 1.82. The lowest BCUT2D eigenvalue weighted by Gasteiger charge is -2.11. The number of hydrogen-bond donors (Lipinski definition) is 2. The van der Waals surface area contributed by atoms with Crippen LogP contribution in [0.2, 0.25) is 0 Å². The number of benzene rings is 2. The molecule has 4 nitrogen and oxygen atoms in total. The van der Waals surface area contributed by atoms with Crippen LogP contribution in [0.1, 0.15) is 31.7 Å². The molecule has 0 aliphatic heterocycles. The van der Waals surface area contributed by atoms with Crippen molar-refractivity contribution in [3.63, 3.8) is 0 Å². The maximum Gasteiger partial charge on any atom is 0.227 e. The summed E-state index contributed by atoms with van der Waals surface area (Å²) in [6.07, 6.45) is 0.278. The minimum Gasteiger partial charge on any atom is -0.493 e. The minimum absolute atomic E-state index is 0.113. The first-order valence-electron chi connectivity index (χ1n) is 7.43. The molecule has 1 amide bonds. The third-order valence-corrected chi connectivity index (χ3v) is 3.36. The number of ether oxygens (including phenoxy) is 1. The van der Waals surface area contributed by atoms with Gasteiger partial charge in [-0.25, -0.2) is 0 Å². The van der Waals surface area contributed by atoms with Crippen molar-refractivity contribution in [2.75, 3.05) is 17.7 Å². The first-order valence-corrected chi connectivity index (χ1v) is 7.43. The van der Waals surface area contributed by atoms with E-state index in [2.05, 4.69) is 25.2 Å². The first-order chi connectivity index (χ1) is 10.6. The molecule has 0 saturated heterocycles. The van der Waals surface area contributed by atoms with Crippen LogP contribution in [0.5, 0.6) is 5.75 Å². The van der Waals surface area contributed by atoms with E-state index in [1.807, 2.05) is 30.3 Å². The van der Waals surface area contributed by atoms with Crippen LogP contribution in [-0.4, -0.2) is 12.5 Å². The van der Waals surface area contributed by atoms with Gasteiger partial charge >= 0.3 is 0 Å². The Morgan fingerprint density at radius 1 is 1.18 bits per heavy atom. The van der Waals surface area contributed by atoms with Crippen molar-refractivity contribution < 1.29 is 9.53 Å². The van der Waals surface area contributed by atoms with E-state index in [0.29, 0.717) is 23.9 Å². The van der Waals surface area contributed by atoms with Gasteiger partial charge < -0.3 is 15.8 Å². The van der Waals surface area contributed by atoms with Gasteiger partial charge in [0.05, 0.1) is 24.4 Å². The highest BCUT2D eigenvalue weighted by atomic mass is 16.5. The predicted molar refractivity (Wildman–Crippen MR) is 90.1 cm³/mol. The summed E-state index contributed by atoms with van der Waals surface area (Å²) in [6, 6.07) is 15.1. The van der Waals surface area contributed by atoms with E-state index in [0.717, 1.165) is 5.75 Å². The van der Waals surface area contributed by atoms with Gasteiger partial charge in [0.15, 0.2) is 0 Å². The molecule has 0 bridgehead atoms. The second kappa shape index (κ2) is 7.50. The van der Waals surface area contributed by atoms with Gasteiger partial charge in [0.2, 0.25) is 5.91 Å². The fourth-order valence-electron chi connectivity index (χ4n) is 2.05. The summed E-state index contributed by atoms with van der Waals surface area (Å²) in [7, 11) is 0. The van der Waals surface area contributed by atoms with Gasteiger partial charge in [0.1, 0.15) is 5.75 Å².